The zero-order valence-corrected chi connectivity index (χ0v) is 22.0. The van der Waals surface area contributed by atoms with E-state index in [1.165, 1.54) is 60.3 Å². The number of benzene rings is 7. The number of anilines is 2. The van der Waals surface area contributed by atoms with Crippen LogP contribution in [0.1, 0.15) is 33.7 Å². The fourth-order valence-corrected chi connectivity index (χ4v) is 6.84. The van der Waals surface area contributed by atoms with E-state index in [1.807, 2.05) is 12.1 Å². The Morgan fingerprint density at radius 1 is 0.600 bits per heavy atom. The Hall–Kier alpha value is -5.13. The third-order valence-electron chi connectivity index (χ3n) is 8.65. The lowest BCUT2D eigenvalue weighted by Crippen LogP contribution is -2.13. The van der Waals surface area contributed by atoms with E-state index in [2.05, 4.69) is 126 Å². The summed E-state index contributed by atoms with van der Waals surface area (Å²) in [6.07, 6.45) is 0.989. The van der Waals surface area contributed by atoms with Crippen LogP contribution in [0.2, 0.25) is 0 Å². The fraction of sp³-hybridized carbons (Fsp3) is 0.0789. The van der Waals surface area contributed by atoms with Gasteiger partial charge in [0.1, 0.15) is 0 Å². The Labute approximate surface area is 233 Å². The Balaban J connectivity index is 1.39. The fourth-order valence-electron chi connectivity index (χ4n) is 6.84. The summed E-state index contributed by atoms with van der Waals surface area (Å²) in [6.45, 7) is 0.920. The average Bonchev–Trinajstić information content (AvgIpc) is 3.44. The van der Waals surface area contributed by atoms with E-state index in [9.17, 15) is 5.26 Å². The Morgan fingerprint density at radius 3 is 1.93 bits per heavy atom. The quantitative estimate of drug-likeness (QED) is 0.174. The van der Waals surface area contributed by atoms with Crippen molar-refractivity contribution < 1.29 is 0 Å². The topological polar surface area (TPSA) is 27.0 Å². The van der Waals surface area contributed by atoms with Crippen LogP contribution in [0.4, 0.5) is 11.4 Å². The van der Waals surface area contributed by atoms with Gasteiger partial charge in [-0.25, -0.2) is 0 Å². The van der Waals surface area contributed by atoms with Gasteiger partial charge in [0, 0.05) is 29.2 Å². The molecular weight excluding hydrogens is 484 g/mol. The number of fused-ring (bicyclic) bond motifs is 1. The van der Waals surface area contributed by atoms with Gasteiger partial charge in [0.2, 0.25) is 0 Å². The average molecular weight is 511 g/mol. The lowest BCUT2D eigenvalue weighted by atomic mass is 9.81. The summed E-state index contributed by atoms with van der Waals surface area (Å²) in [5.41, 5.74) is 8.31. The van der Waals surface area contributed by atoms with E-state index in [-0.39, 0.29) is 5.92 Å². The van der Waals surface area contributed by atoms with E-state index in [4.69, 9.17) is 0 Å². The molecule has 8 rings (SSSR count). The molecule has 0 radical (unpaired) electrons. The summed E-state index contributed by atoms with van der Waals surface area (Å²) in [6, 6.07) is 48.5. The molecule has 2 heteroatoms. The standard InChI is InChI=1S/C38H26N2/c39-24-25-11-12-26-21-22-40(35(26)23-25)34-20-16-30-14-18-32-31(17-13-29-15-19-33(34)38(30)37(29)32)36(27-7-3-1-4-8-27)28-9-5-2-6-10-28/h1-20,23,36H,21-22H2. The molecule has 0 saturated carbocycles. The summed E-state index contributed by atoms with van der Waals surface area (Å²) in [7, 11) is 0. The van der Waals surface area contributed by atoms with Crippen LogP contribution >= 0.6 is 0 Å². The zero-order chi connectivity index (χ0) is 26.6. The Morgan fingerprint density at radius 2 is 1.23 bits per heavy atom. The van der Waals surface area contributed by atoms with E-state index < -0.39 is 0 Å². The predicted molar refractivity (Wildman–Crippen MR) is 166 cm³/mol. The van der Waals surface area contributed by atoms with Crippen LogP contribution in [0.3, 0.4) is 0 Å². The van der Waals surface area contributed by atoms with Crippen molar-refractivity contribution in [2.24, 2.45) is 0 Å². The van der Waals surface area contributed by atoms with E-state index in [1.54, 1.807) is 0 Å². The lowest BCUT2D eigenvalue weighted by Gasteiger charge is -2.25. The van der Waals surface area contributed by atoms with Crippen LogP contribution in [-0.4, -0.2) is 6.54 Å². The van der Waals surface area contributed by atoms with Crippen LogP contribution in [0.5, 0.6) is 0 Å². The van der Waals surface area contributed by atoms with Crippen LogP contribution in [-0.2, 0) is 6.42 Å². The smallest absolute Gasteiger partial charge is 0.0992 e. The minimum Gasteiger partial charge on any atom is -0.340 e. The van der Waals surface area contributed by atoms with Gasteiger partial charge >= 0.3 is 0 Å². The molecule has 40 heavy (non-hydrogen) atoms. The second-order valence-corrected chi connectivity index (χ2v) is 10.8. The second-order valence-electron chi connectivity index (χ2n) is 10.8. The van der Waals surface area contributed by atoms with Gasteiger partial charge in [-0.3, -0.25) is 0 Å². The summed E-state index contributed by atoms with van der Waals surface area (Å²) < 4.78 is 0. The number of rotatable bonds is 4. The molecule has 0 N–H and O–H groups in total. The van der Waals surface area contributed by atoms with Crippen LogP contribution in [0.25, 0.3) is 32.3 Å². The first kappa shape index (κ1) is 22.8. The molecule has 0 atom stereocenters. The summed E-state index contributed by atoms with van der Waals surface area (Å²) in [4.78, 5) is 2.40. The highest BCUT2D eigenvalue weighted by atomic mass is 15.2. The summed E-state index contributed by atoms with van der Waals surface area (Å²) >= 11 is 0. The van der Waals surface area contributed by atoms with Crippen LogP contribution < -0.4 is 4.90 Å². The van der Waals surface area contributed by atoms with E-state index in [0.717, 1.165) is 18.7 Å². The second kappa shape index (κ2) is 8.97. The van der Waals surface area contributed by atoms with Gasteiger partial charge in [-0.2, -0.15) is 5.26 Å². The minimum absolute atomic E-state index is 0.140. The van der Waals surface area contributed by atoms with Gasteiger partial charge in [-0.15, -0.1) is 0 Å². The first-order valence-electron chi connectivity index (χ1n) is 13.9. The number of hydrogen-bond acceptors (Lipinski definition) is 2. The molecule has 1 heterocycles. The molecule has 0 bridgehead atoms. The molecule has 188 valence electrons. The molecule has 0 aliphatic carbocycles. The monoisotopic (exact) mass is 510 g/mol. The maximum Gasteiger partial charge on any atom is 0.0992 e. The summed E-state index contributed by atoms with van der Waals surface area (Å²) in [5, 5.41) is 17.3. The van der Waals surface area contributed by atoms with Crippen molar-refractivity contribution in [3.05, 3.63) is 155 Å². The molecular formula is C38H26N2. The molecule has 0 fully saturated rings. The van der Waals surface area contributed by atoms with Crippen molar-refractivity contribution in [1.29, 1.82) is 5.26 Å². The van der Waals surface area contributed by atoms with E-state index >= 15 is 0 Å². The highest BCUT2D eigenvalue weighted by molar-refractivity contribution is 6.26. The number of hydrogen-bond donors (Lipinski definition) is 0. The first-order valence-corrected chi connectivity index (χ1v) is 13.9. The normalized spacial score (nSPS) is 12.9. The SMILES string of the molecule is N#Cc1ccc2c(c1)N(c1ccc3ccc4c(C(c5ccccc5)c5ccccc5)ccc5ccc1c3c54)CC2. The molecule has 2 nitrogen and oxygen atoms in total. The maximum absolute atomic E-state index is 9.55. The highest BCUT2D eigenvalue weighted by Gasteiger charge is 2.25. The molecule has 1 aliphatic heterocycles. The molecule has 0 spiro atoms. The zero-order valence-electron chi connectivity index (χ0n) is 22.0. The van der Waals surface area contributed by atoms with Gasteiger partial charge in [-0.1, -0.05) is 109 Å². The minimum atomic E-state index is 0.140. The van der Waals surface area contributed by atoms with Crippen molar-refractivity contribution in [2.45, 2.75) is 12.3 Å². The van der Waals surface area contributed by atoms with Gasteiger partial charge in [0.15, 0.2) is 0 Å². The number of nitrogens with zero attached hydrogens (tertiary/aromatic N) is 2. The predicted octanol–water partition coefficient (Wildman–Crippen LogP) is 9.33. The van der Waals surface area contributed by atoms with Crippen LogP contribution in [0, 0.1) is 11.3 Å². The maximum atomic E-state index is 9.55. The van der Waals surface area contributed by atoms with Gasteiger partial charge in [0.25, 0.3) is 0 Å². The molecule has 7 aromatic rings. The lowest BCUT2D eigenvalue weighted by molar-refractivity contribution is 0.990. The molecule has 0 aromatic heterocycles. The molecule has 0 amide bonds. The molecule has 0 unspecified atom stereocenters. The Bertz CT molecular complexity index is 2030. The van der Waals surface area contributed by atoms with Gasteiger partial charge in [-0.05, 0) is 73.8 Å². The van der Waals surface area contributed by atoms with Gasteiger partial charge < -0.3 is 4.90 Å². The summed E-state index contributed by atoms with van der Waals surface area (Å²) in [5.74, 6) is 0.140. The third kappa shape index (κ3) is 3.42. The largest absolute Gasteiger partial charge is 0.340 e. The highest BCUT2D eigenvalue weighted by Crippen LogP contribution is 2.45. The molecule has 0 saturated heterocycles. The van der Waals surface area contributed by atoms with E-state index in [0.29, 0.717) is 5.56 Å². The number of nitriles is 1. The van der Waals surface area contributed by atoms with Crippen molar-refractivity contribution in [2.75, 3.05) is 11.4 Å². The molecule has 1 aliphatic rings. The van der Waals surface area contributed by atoms with Crippen molar-refractivity contribution in [1.82, 2.24) is 0 Å². The first-order chi connectivity index (χ1) is 19.8. The Kier molecular flexibility index (Phi) is 5.12. The van der Waals surface area contributed by atoms with Gasteiger partial charge in [0.05, 0.1) is 11.6 Å². The third-order valence-corrected chi connectivity index (χ3v) is 8.65. The molecule has 7 aromatic carbocycles. The van der Waals surface area contributed by atoms with Crippen molar-refractivity contribution in [3.63, 3.8) is 0 Å². The van der Waals surface area contributed by atoms with Crippen molar-refractivity contribution in [3.8, 4) is 6.07 Å². The van der Waals surface area contributed by atoms with Crippen LogP contribution in [0.15, 0.2) is 127 Å². The van der Waals surface area contributed by atoms with Crippen molar-refractivity contribution >= 4 is 43.7 Å².